The van der Waals surface area contributed by atoms with E-state index in [4.69, 9.17) is 18.9 Å². The monoisotopic (exact) mass is 478 g/mol. The van der Waals surface area contributed by atoms with Gasteiger partial charge in [0.2, 0.25) is 15.9 Å². The number of benzene rings is 2. The smallest absolute Gasteiger partial charge is 0.242 e. The lowest BCUT2D eigenvalue weighted by atomic mass is 10.0. The third kappa shape index (κ3) is 5.69. The number of hydrogen-bond acceptors (Lipinski definition) is 7. The molecule has 0 spiro atoms. The van der Waals surface area contributed by atoms with E-state index in [1.54, 1.807) is 32.0 Å². The number of aryl methyl sites for hydroxylation is 1. The normalized spacial score (nSPS) is 14.4. The molecule has 1 aliphatic heterocycles. The van der Waals surface area contributed by atoms with E-state index >= 15 is 0 Å². The lowest BCUT2D eigenvalue weighted by Crippen LogP contribution is -2.47. The zero-order valence-corrected chi connectivity index (χ0v) is 20.2. The Morgan fingerprint density at radius 2 is 1.64 bits per heavy atom. The van der Waals surface area contributed by atoms with Gasteiger partial charge in [-0.1, -0.05) is 13.8 Å². The van der Waals surface area contributed by atoms with Gasteiger partial charge in [-0.3, -0.25) is 4.79 Å². The maximum atomic E-state index is 13.1. The van der Waals surface area contributed by atoms with E-state index in [1.807, 2.05) is 6.92 Å². The molecular formula is C23H30N2O7S. The summed E-state index contributed by atoms with van der Waals surface area (Å²) in [4.78, 5) is 13.1. The van der Waals surface area contributed by atoms with Gasteiger partial charge in [-0.2, -0.15) is 4.72 Å². The molecule has 9 nitrogen and oxygen atoms in total. The topological polar surface area (TPSA) is 112 Å². The largest absolute Gasteiger partial charge is 0.493 e. The van der Waals surface area contributed by atoms with Crippen LogP contribution >= 0.6 is 0 Å². The van der Waals surface area contributed by atoms with Gasteiger partial charge < -0.3 is 24.3 Å². The van der Waals surface area contributed by atoms with Crippen LogP contribution in [0.1, 0.15) is 25.8 Å². The number of nitrogens with one attached hydrogen (secondary N) is 2. The Bertz CT molecular complexity index is 1120. The van der Waals surface area contributed by atoms with Gasteiger partial charge in [0.05, 0.1) is 32.3 Å². The van der Waals surface area contributed by atoms with Crippen LogP contribution in [0.5, 0.6) is 23.0 Å². The van der Waals surface area contributed by atoms with Crippen LogP contribution in [0, 0.1) is 12.8 Å². The van der Waals surface area contributed by atoms with Crippen LogP contribution in [0.15, 0.2) is 35.2 Å². The second-order valence-corrected chi connectivity index (χ2v) is 9.73. The molecule has 0 aliphatic carbocycles. The second-order valence-electron chi connectivity index (χ2n) is 8.01. The first-order valence-corrected chi connectivity index (χ1v) is 12.1. The summed E-state index contributed by atoms with van der Waals surface area (Å²) in [6.45, 7) is 6.28. The second kappa shape index (κ2) is 10.3. The zero-order chi connectivity index (χ0) is 24.2. The fraction of sp³-hybridized carbons (Fsp3) is 0.435. The molecule has 0 bridgehead atoms. The average Bonchev–Trinajstić information content (AvgIpc) is 3.03. The number of sulfonamides is 1. The highest BCUT2D eigenvalue weighted by Crippen LogP contribution is 2.34. The van der Waals surface area contributed by atoms with Crippen molar-refractivity contribution < 1.29 is 32.2 Å². The predicted octanol–water partition coefficient (Wildman–Crippen LogP) is 3.12. The summed E-state index contributed by atoms with van der Waals surface area (Å²) in [6.07, 6.45) is 0.709. The van der Waals surface area contributed by atoms with Crippen LogP contribution < -0.4 is 29.0 Å². The number of anilines is 1. The number of methoxy groups -OCH3 is 2. The summed E-state index contributed by atoms with van der Waals surface area (Å²) in [5.74, 6) is 1.03. The van der Waals surface area contributed by atoms with Gasteiger partial charge in [-0.05, 0) is 36.6 Å². The number of carbonyl (C=O) groups excluding carboxylic acids is 1. The van der Waals surface area contributed by atoms with Crippen LogP contribution in [0.4, 0.5) is 5.69 Å². The van der Waals surface area contributed by atoms with E-state index in [2.05, 4.69) is 10.0 Å². The number of rotatable bonds is 8. The first-order valence-electron chi connectivity index (χ1n) is 10.6. The molecule has 1 atom stereocenters. The van der Waals surface area contributed by atoms with Crippen LogP contribution in [0.25, 0.3) is 0 Å². The summed E-state index contributed by atoms with van der Waals surface area (Å²) in [6, 6.07) is 6.77. The van der Waals surface area contributed by atoms with E-state index in [1.165, 1.54) is 26.4 Å². The third-order valence-electron chi connectivity index (χ3n) is 5.25. The van der Waals surface area contributed by atoms with Crippen LogP contribution in [0.3, 0.4) is 0 Å². The summed E-state index contributed by atoms with van der Waals surface area (Å²) in [7, 11) is -0.986. The van der Waals surface area contributed by atoms with Crippen molar-refractivity contribution >= 4 is 21.6 Å². The molecule has 0 fully saturated rings. The number of ether oxygens (including phenoxy) is 4. The number of amides is 1. The van der Waals surface area contributed by atoms with Crippen molar-refractivity contribution in [3.8, 4) is 23.0 Å². The SMILES string of the molecule is COc1cc(C)c(NC(=O)C(NS(=O)(=O)c2ccc3c(c2)OCCCO3)C(C)C)cc1OC. The molecule has 10 heteroatoms. The van der Waals surface area contributed by atoms with Gasteiger partial charge in [0.25, 0.3) is 0 Å². The van der Waals surface area contributed by atoms with Gasteiger partial charge in [0, 0.05) is 24.2 Å². The minimum atomic E-state index is -4.01. The van der Waals surface area contributed by atoms with E-state index in [-0.39, 0.29) is 10.8 Å². The lowest BCUT2D eigenvalue weighted by Gasteiger charge is -2.23. The van der Waals surface area contributed by atoms with Crippen LogP contribution in [-0.2, 0) is 14.8 Å². The minimum Gasteiger partial charge on any atom is -0.493 e. The number of carbonyl (C=O) groups is 1. The van der Waals surface area contributed by atoms with Crippen LogP contribution in [0.2, 0.25) is 0 Å². The molecule has 180 valence electrons. The summed E-state index contributed by atoms with van der Waals surface area (Å²) < 4.78 is 50.5. The van der Waals surface area contributed by atoms with Gasteiger partial charge in [-0.15, -0.1) is 0 Å². The van der Waals surface area contributed by atoms with Crippen molar-refractivity contribution in [2.75, 3.05) is 32.8 Å². The van der Waals surface area contributed by atoms with Crippen molar-refractivity contribution in [1.29, 1.82) is 0 Å². The van der Waals surface area contributed by atoms with Crippen molar-refractivity contribution in [3.05, 3.63) is 35.9 Å². The van der Waals surface area contributed by atoms with Gasteiger partial charge in [-0.25, -0.2) is 8.42 Å². The van der Waals surface area contributed by atoms with E-state index in [0.29, 0.717) is 48.3 Å². The molecule has 1 unspecified atom stereocenters. The Kier molecular flexibility index (Phi) is 7.70. The first-order chi connectivity index (χ1) is 15.7. The average molecular weight is 479 g/mol. The zero-order valence-electron chi connectivity index (χ0n) is 19.4. The highest BCUT2D eigenvalue weighted by molar-refractivity contribution is 7.89. The highest BCUT2D eigenvalue weighted by Gasteiger charge is 2.30. The van der Waals surface area contributed by atoms with Crippen molar-refractivity contribution in [2.45, 2.75) is 38.1 Å². The quantitative estimate of drug-likeness (QED) is 0.599. The standard InChI is InChI=1S/C23H30N2O7S/c1-14(2)22(23(26)24-17-13-20(30-5)19(29-4)11-15(17)3)25-33(27,28)16-7-8-18-21(12-16)32-10-6-9-31-18/h7-8,11-14,22,25H,6,9-10H2,1-5H3,(H,24,26). The summed E-state index contributed by atoms with van der Waals surface area (Å²) in [5.41, 5.74) is 1.24. The summed E-state index contributed by atoms with van der Waals surface area (Å²) >= 11 is 0. The Labute approximate surface area is 194 Å². The molecule has 3 rings (SSSR count). The molecule has 2 aromatic carbocycles. The Balaban J connectivity index is 1.83. The van der Waals surface area contributed by atoms with Crippen LogP contribution in [-0.4, -0.2) is 47.8 Å². The Morgan fingerprint density at radius 3 is 2.27 bits per heavy atom. The van der Waals surface area contributed by atoms with Crippen molar-refractivity contribution in [2.24, 2.45) is 5.92 Å². The molecule has 1 amide bonds. The molecule has 1 heterocycles. The highest BCUT2D eigenvalue weighted by atomic mass is 32.2. The first kappa shape index (κ1) is 24.7. The lowest BCUT2D eigenvalue weighted by molar-refractivity contribution is -0.118. The number of hydrogen-bond donors (Lipinski definition) is 2. The summed E-state index contributed by atoms with van der Waals surface area (Å²) in [5, 5.41) is 2.80. The minimum absolute atomic E-state index is 0.00695. The fourth-order valence-electron chi connectivity index (χ4n) is 3.36. The molecule has 0 aromatic heterocycles. The third-order valence-corrected chi connectivity index (χ3v) is 6.69. The van der Waals surface area contributed by atoms with Gasteiger partial charge >= 0.3 is 0 Å². The van der Waals surface area contributed by atoms with E-state index in [9.17, 15) is 13.2 Å². The van der Waals surface area contributed by atoms with Crippen molar-refractivity contribution in [1.82, 2.24) is 4.72 Å². The van der Waals surface area contributed by atoms with Gasteiger partial charge in [0.15, 0.2) is 23.0 Å². The molecule has 0 saturated carbocycles. The molecular weight excluding hydrogens is 448 g/mol. The van der Waals surface area contributed by atoms with Crippen molar-refractivity contribution in [3.63, 3.8) is 0 Å². The Morgan fingerprint density at radius 1 is 1.00 bits per heavy atom. The van der Waals surface area contributed by atoms with Gasteiger partial charge in [0.1, 0.15) is 6.04 Å². The molecule has 0 saturated heterocycles. The molecule has 33 heavy (non-hydrogen) atoms. The predicted molar refractivity (Wildman–Crippen MR) is 124 cm³/mol. The maximum absolute atomic E-state index is 13.1. The number of fused-ring (bicyclic) bond motifs is 1. The molecule has 1 aliphatic rings. The molecule has 0 radical (unpaired) electrons. The Hall–Kier alpha value is -2.98. The fourth-order valence-corrected chi connectivity index (χ4v) is 4.72. The maximum Gasteiger partial charge on any atom is 0.242 e. The molecule has 2 aromatic rings. The van der Waals surface area contributed by atoms with E-state index < -0.39 is 22.0 Å². The van der Waals surface area contributed by atoms with E-state index in [0.717, 1.165) is 5.56 Å². The molecule has 2 N–H and O–H groups in total.